The number of hydrogen-bond donors (Lipinski definition) is 1. The fourth-order valence-corrected chi connectivity index (χ4v) is 1.80. The van der Waals surface area contributed by atoms with Gasteiger partial charge in [0.05, 0.1) is 11.0 Å². The minimum atomic E-state index is 0.778. The van der Waals surface area contributed by atoms with Crippen molar-refractivity contribution in [1.29, 1.82) is 0 Å². The Balaban J connectivity index is 2.03. The van der Waals surface area contributed by atoms with Crippen LogP contribution in [0.15, 0.2) is 40.8 Å². The highest BCUT2D eigenvalue weighted by Gasteiger charge is 2.11. The van der Waals surface area contributed by atoms with E-state index in [0.29, 0.717) is 0 Å². The molecule has 4 heteroatoms. The third-order valence-corrected chi connectivity index (χ3v) is 2.75. The topological polar surface area (TPSA) is 45.1 Å². The molecular formula is C13H13N3O. The smallest absolute Gasteiger partial charge is 0.210 e. The van der Waals surface area contributed by atoms with E-state index < -0.39 is 0 Å². The number of anilines is 2. The minimum Gasteiger partial charge on any atom is -0.445 e. The molecule has 0 saturated heterocycles. The maximum absolute atomic E-state index is 5.56. The van der Waals surface area contributed by atoms with Crippen molar-refractivity contribution in [2.45, 2.75) is 6.92 Å². The zero-order valence-electron chi connectivity index (χ0n) is 9.77. The first-order chi connectivity index (χ1) is 8.24. The van der Waals surface area contributed by atoms with Crippen LogP contribution in [-0.2, 0) is 0 Å². The fourth-order valence-electron chi connectivity index (χ4n) is 1.80. The summed E-state index contributed by atoms with van der Waals surface area (Å²) >= 11 is 0. The summed E-state index contributed by atoms with van der Waals surface area (Å²) in [6.45, 7) is 1.93. The van der Waals surface area contributed by atoms with E-state index in [0.717, 1.165) is 28.6 Å². The van der Waals surface area contributed by atoms with Crippen LogP contribution in [0.25, 0.3) is 11.0 Å². The Morgan fingerprint density at radius 1 is 1.18 bits per heavy atom. The van der Waals surface area contributed by atoms with Crippen LogP contribution >= 0.6 is 0 Å². The van der Waals surface area contributed by atoms with Gasteiger partial charge in [0, 0.05) is 13.1 Å². The van der Waals surface area contributed by atoms with Crippen molar-refractivity contribution in [3.8, 4) is 0 Å². The summed E-state index contributed by atoms with van der Waals surface area (Å²) in [4.78, 5) is 9.66. The summed E-state index contributed by atoms with van der Waals surface area (Å²) in [6, 6.07) is 11.8. The van der Waals surface area contributed by atoms with Gasteiger partial charge in [0.15, 0.2) is 0 Å². The van der Waals surface area contributed by atoms with E-state index in [1.165, 1.54) is 0 Å². The van der Waals surface area contributed by atoms with Gasteiger partial charge in [0.1, 0.15) is 5.76 Å². The summed E-state index contributed by atoms with van der Waals surface area (Å²) in [5, 5.41) is 0. The maximum Gasteiger partial charge on any atom is 0.210 e. The average molecular weight is 227 g/mol. The predicted octanol–water partition coefficient (Wildman–Crippen LogP) is 3.23. The van der Waals surface area contributed by atoms with Crippen molar-refractivity contribution >= 4 is 22.9 Å². The number of benzene rings is 1. The van der Waals surface area contributed by atoms with Crippen molar-refractivity contribution < 1.29 is 4.42 Å². The normalized spacial score (nSPS) is 10.9. The van der Waals surface area contributed by atoms with E-state index in [-0.39, 0.29) is 0 Å². The van der Waals surface area contributed by atoms with E-state index in [1.54, 1.807) is 0 Å². The van der Waals surface area contributed by atoms with Crippen molar-refractivity contribution in [2.24, 2.45) is 0 Å². The number of hydrogen-bond acceptors (Lipinski definition) is 3. The van der Waals surface area contributed by atoms with Gasteiger partial charge in [0.2, 0.25) is 11.8 Å². The molecule has 0 unspecified atom stereocenters. The van der Waals surface area contributed by atoms with E-state index in [2.05, 4.69) is 9.97 Å². The molecule has 0 aliphatic carbocycles. The molecule has 3 rings (SSSR count). The summed E-state index contributed by atoms with van der Waals surface area (Å²) in [7, 11) is 1.93. The van der Waals surface area contributed by atoms with Gasteiger partial charge in [-0.3, -0.25) is 4.90 Å². The number of H-pyrrole nitrogens is 1. The Bertz CT molecular complexity index is 620. The molecule has 0 radical (unpaired) electrons. The summed E-state index contributed by atoms with van der Waals surface area (Å²) in [6.07, 6.45) is 0. The number of para-hydroxylation sites is 2. The molecule has 1 N–H and O–H groups in total. The van der Waals surface area contributed by atoms with Gasteiger partial charge >= 0.3 is 0 Å². The number of nitrogens with zero attached hydrogens (tertiary/aromatic N) is 2. The third kappa shape index (κ3) is 1.67. The Morgan fingerprint density at radius 3 is 2.71 bits per heavy atom. The molecule has 17 heavy (non-hydrogen) atoms. The second-order valence-corrected chi connectivity index (χ2v) is 4.02. The number of nitrogens with one attached hydrogen (secondary N) is 1. The van der Waals surface area contributed by atoms with Crippen LogP contribution in [0.4, 0.5) is 11.8 Å². The number of imidazole rings is 1. The van der Waals surface area contributed by atoms with Crippen molar-refractivity contribution in [3.63, 3.8) is 0 Å². The number of aromatic nitrogens is 2. The van der Waals surface area contributed by atoms with Gasteiger partial charge in [-0.1, -0.05) is 12.1 Å². The lowest BCUT2D eigenvalue weighted by Gasteiger charge is -2.11. The average Bonchev–Trinajstić information content (AvgIpc) is 2.93. The largest absolute Gasteiger partial charge is 0.445 e. The number of fused-ring (bicyclic) bond motifs is 1. The molecule has 0 bridgehead atoms. The first-order valence-corrected chi connectivity index (χ1v) is 5.49. The quantitative estimate of drug-likeness (QED) is 0.731. The second-order valence-electron chi connectivity index (χ2n) is 4.02. The molecule has 1 aromatic carbocycles. The Hall–Kier alpha value is -2.23. The van der Waals surface area contributed by atoms with Gasteiger partial charge in [-0.2, -0.15) is 0 Å². The van der Waals surface area contributed by atoms with Gasteiger partial charge in [-0.05, 0) is 25.1 Å². The monoisotopic (exact) mass is 227 g/mol. The molecule has 0 aliphatic rings. The molecule has 4 nitrogen and oxygen atoms in total. The molecule has 0 amide bonds. The molecule has 0 fully saturated rings. The summed E-state index contributed by atoms with van der Waals surface area (Å²) in [5.74, 6) is 2.45. The molecule has 0 aliphatic heterocycles. The van der Waals surface area contributed by atoms with Crippen LogP contribution in [0, 0.1) is 6.92 Å². The van der Waals surface area contributed by atoms with Gasteiger partial charge in [-0.15, -0.1) is 0 Å². The van der Waals surface area contributed by atoms with Crippen LogP contribution in [-0.4, -0.2) is 17.0 Å². The third-order valence-electron chi connectivity index (χ3n) is 2.75. The van der Waals surface area contributed by atoms with Crippen molar-refractivity contribution in [3.05, 3.63) is 42.2 Å². The zero-order valence-corrected chi connectivity index (χ0v) is 9.77. The molecule has 2 aromatic heterocycles. The molecule has 0 atom stereocenters. The van der Waals surface area contributed by atoms with Gasteiger partial charge < -0.3 is 9.40 Å². The van der Waals surface area contributed by atoms with E-state index in [9.17, 15) is 0 Å². The van der Waals surface area contributed by atoms with Gasteiger partial charge in [-0.25, -0.2) is 4.98 Å². The Kier molecular flexibility index (Phi) is 2.14. The van der Waals surface area contributed by atoms with Crippen LogP contribution in [0.1, 0.15) is 5.76 Å². The van der Waals surface area contributed by atoms with Gasteiger partial charge in [0.25, 0.3) is 0 Å². The van der Waals surface area contributed by atoms with Crippen molar-refractivity contribution in [1.82, 2.24) is 9.97 Å². The van der Waals surface area contributed by atoms with Crippen molar-refractivity contribution in [2.75, 3.05) is 11.9 Å². The SMILES string of the molecule is Cc1ccc(N(C)c2nc3ccccc3[nH]2)o1. The van der Waals surface area contributed by atoms with Crippen LogP contribution < -0.4 is 4.90 Å². The molecule has 2 heterocycles. The highest BCUT2D eigenvalue weighted by molar-refractivity contribution is 5.78. The molecule has 86 valence electrons. The first kappa shape index (κ1) is 9.96. The highest BCUT2D eigenvalue weighted by atomic mass is 16.4. The Labute approximate surface area is 98.9 Å². The van der Waals surface area contributed by atoms with E-state index >= 15 is 0 Å². The number of furan rings is 1. The van der Waals surface area contributed by atoms with E-state index in [4.69, 9.17) is 4.42 Å². The minimum absolute atomic E-state index is 0.778. The number of aromatic amines is 1. The molecule has 0 saturated carbocycles. The Morgan fingerprint density at radius 2 is 2.00 bits per heavy atom. The standard InChI is InChI=1S/C13H13N3O/c1-9-7-8-12(17-9)16(2)13-14-10-5-3-4-6-11(10)15-13/h3-8H,1-2H3,(H,14,15). The maximum atomic E-state index is 5.56. The lowest BCUT2D eigenvalue weighted by atomic mass is 10.3. The van der Waals surface area contributed by atoms with Crippen LogP contribution in [0.3, 0.4) is 0 Å². The lowest BCUT2D eigenvalue weighted by molar-refractivity contribution is 0.536. The zero-order chi connectivity index (χ0) is 11.8. The summed E-state index contributed by atoms with van der Waals surface area (Å²) in [5.41, 5.74) is 1.98. The van der Waals surface area contributed by atoms with Crippen LogP contribution in [0.2, 0.25) is 0 Å². The second kappa shape index (κ2) is 3.66. The summed E-state index contributed by atoms with van der Waals surface area (Å²) < 4.78 is 5.56. The molecule has 3 aromatic rings. The van der Waals surface area contributed by atoms with Crippen LogP contribution in [0.5, 0.6) is 0 Å². The predicted molar refractivity (Wildman–Crippen MR) is 67.6 cm³/mol. The molecular weight excluding hydrogens is 214 g/mol. The van der Waals surface area contributed by atoms with E-state index in [1.807, 2.05) is 55.3 Å². The highest BCUT2D eigenvalue weighted by Crippen LogP contribution is 2.24. The molecule has 0 spiro atoms. The number of rotatable bonds is 2. The first-order valence-electron chi connectivity index (χ1n) is 5.49. The lowest BCUT2D eigenvalue weighted by Crippen LogP contribution is -2.09. The fraction of sp³-hybridized carbons (Fsp3) is 0.154. The number of aryl methyl sites for hydroxylation is 1.